The van der Waals surface area contributed by atoms with Crippen LogP contribution in [0.3, 0.4) is 0 Å². The van der Waals surface area contributed by atoms with Crippen molar-refractivity contribution >= 4 is 0 Å². The first-order valence-electron chi connectivity index (χ1n) is 10.2. The van der Waals surface area contributed by atoms with Gasteiger partial charge in [-0.25, -0.2) is 13.5 Å². The van der Waals surface area contributed by atoms with E-state index in [1.54, 1.807) is 6.20 Å². The van der Waals surface area contributed by atoms with E-state index in [1.807, 2.05) is 29.2 Å². The summed E-state index contributed by atoms with van der Waals surface area (Å²) in [5.74, 6) is -1.56. The van der Waals surface area contributed by atoms with E-state index in [1.165, 1.54) is 16.8 Å². The van der Waals surface area contributed by atoms with Gasteiger partial charge < -0.3 is 4.42 Å². The Balaban J connectivity index is 1.29. The zero-order chi connectivity index (χ0) is 22.9. The van der Waals surface area contributed by atoms with Gasteiger partial charge in [0, 0.05) is 36.3 Å². The Morgan fingerprint density at radius 3 is 2.58 bits per heavy atom. The summed E-state index contributed by atoms with van der Waals surface area (Å²) in [5, 5.41) is 15.0. The van der Waals surface area contributed by atoms with E-state index in [2.05, 4.69) is 20.5 Å². The molecule has 4 aromatic rings. The highest BCUT2D eigenvalue weighted by atomic mass is 19.3. The lowest BCUT2D eigenvalue weighted by atomic mass is 10.1. The Hall–Kier alpha value is -3.60. The Morgan fingerprint density at radius 2 is 1.85 bits per heavy atom. The molecule has 0 atom stereocenters. The summed E-state index contributed by atoms with van der Waals surface area (Å²) in [6.07, 6.45) is -1.93. The smallest absolute Gasteiger partial charge is 0.314 e. The van der Waals surface area contributed by atoms with Crippen molar-refractivity contribution in [2.75, 3.05) is 13.1 Å². The van der Waals surface area contributed by atoms with E-state index < -0.39 is 24.3 Å². The highest BCUT2D eigenvalue weighted by Crippen LogP contribution is 2.25. The van der Waals surface area contributed by atoms with E-state index in [0.29, 0.717) is 30.9 Å². The number of rotatable bonds is 7. The molecule has 2 aromatic heterocycles. The lowest BCUT2D eigenvalue weighted by molar-refractivity contribution is 0.0591. The van der Waals surface area contributed by atoms with Crippen LogP contribution in [0, 0.1) is 5.82 Å². The second-order valence-corrected chi connectivity index (χ2v) is 7.85. The highest BCUT2D eigenvalue weighted by Gasteiger charge is 2.25. The first-order chi connectivity index (χ1) is 15.9. The molecule has 0 aliphatic carbocycles. The summed E-state index contributed by atoms with van der Waals surface area (Å²) in [5.41, 5.74) is 3.07. The molecule has 1 saturated heterocycles. The van der Waals surface area contributed by atoms with E-state index in [4.69, 9.17) is 4.42 Å². The molecule has 0 N–H and O–H groups in total. The Morgan fingerprint density at radius 1 is 1.00 bits per heavy atom. The molecule has 1 aliphatic heterocycles. The van der Waals surface area contributed by atoms with Gasteiger partial charge in [0.05, 0.1) is 12.7 Å². The van der Waals surface area contributed by atoms with Crippen molar-refractivity contribution in [1.82, 2.24) is 30.1 Å². The summed E-state index contributed by atoms with van der Waals surface area (Å²) >= 11 is 0. The SMILES string of the molecule is Fc1cc(-c2nnc(C(F)F)o2)ccc1Cn1cc(-c2cccc(CN3CC(F)C3)c2)nn1. The third kappa shape index (κ3) is 4.63. The Labute approximate surface area is 185 Å². The third-order valence-electron chi connectivity index (χ3n) is 5.34. The predicted molar refractivity (Wildman–Crippen MR) is 109 cm³/mol. The second kappa shape index (κ2) is 8.74. The fourth-order valence-corrected chi connectivity index (χ4v) is 3.65. The van der Waals surface area contributed by atoms with Crippen LogP contribution < -0.4 is 0 Å². The molecule has 1 aliphatic rings. The van der Waals surface area contributed by atoms with Gasteiger partial charge >= 0.3 is 6.43 Å². The van der Waals surface area contributed by atoms with E-state index in [0.717, 1.165) is 17.2 Å². The van der Waals surface area contributed by atoms with E-state index in [-0.39, 0.29) is 18.0 Å². The first kappa shape index (κ1) is 21.3. The number of halogens is 4. The standard InChI is InChI=1S/C22H18F4N6O/c23-17-10-31(11-17)8-13-2-1-3-14(6-13)19-12-32(30-27-19)9-16-5-4-15(7-18(16)24)21-28-29-22(33-21)20(25)26/h1-7,12,17,20H,8-11H2. The molecule has 0 saturated carbocycles. The number of hydrogen-bond acceptors (Lipinski definition) is 6. The largest absolute Gasteiger partial charge is 0.415 e. The van der Waals surface area contributed by atoms with Gasteiger partial charge in [0.1, 0.15) is 17.7 Å². The number of likely N-dealkylation sites (tertiary alicyclic amines) is 1. The molecule has 2 aromatic carbocycles. The summed E-state index contributed by atoms with van der Waals surface area (Å²) < 4.78 is 59.3. The van der Waals surface area contributed by atoms with Crippen LogP contribution >= 0.6 is 0 Å². The van der Waals surface area contributed by atoms with Crippen molar-refractivity contribution in [3.05, 3.63) is 71.5 Å². The minimum absolute atomic E-state index is 0.122. The summed E-state index contributed by atoms with van der Waals surface area (Å²) in [4.78, 5) is 2.02. The molecule has 33 heavy (non-hydrogen) atoms. The maximum absolute atomic E-state index is 14.6. The van der Waals surface area contributed by atoms with Crippen molar-refractivity contribution in [1.29, 1.82) is 0 Å². The summed E-state index contributed by atoms with van der Waals surface area (Å²) in [6.45, 7) is 1.69. The fraction of sp³-hybridized carbons (Fsp3) is 0.273. The topological polar surface area (TPSA) is 72.9 Å². The maximum atomic E-state index is 14.6. The molecule has 11 heteroatoms. The molecular weight excluding hydrogens is 440 g/mol. The number of hydrogen-bond donors (Lipinski definition) is 0. The monoisotopic (exact) mass is 458 g/mol. The third-order valence-corrected chi connectivity index (χ3v) is 5.34. The molecule has 0 unspecified atom stereocenters. The van der Waals surface area contributed by atoms with E-state index in [9.17, 15) is 17.6 Å². The summed E-state index contributed by atoms with van der Waals surface area (Å²) in [6, 6.07) is 11.9. The van der Waals surface area contributed by atoms with Crippen molar-refractivity contribution in [2.24, 2.45) is 0 Å². The molecule has 0 amide bonds. The van der Waals surface area contributed by atoms with Gasteiger partial charge in [0.25, 0.3) is 5.89 Å². The molecular formula is C22H18F4N6O. The van der Waals surface area contributed by atoms with Crippen LogP contribution in [0.25, 0.3) is 22.7 Å². The van der Waals surface area contributed by atoms with Crippen LogP contribution in [-0.4, -0.2) is 49.4 Å². The molecule has 1 fully saturated rings. The van der Waals surface area contributed by atoms with Gasteiger partial charge in [-0.1, -0.05) is 29.5 Å². The molecule has 5 rings (SSSR count). The van der Waals surface area contributed by atoms with Gasteiger partial charge in [-0.2, -0.15) is 8.78 Å². The zero-order valence-electron chi connectivity index (χ0n) is 17.2. The van der Waals surface area contributed by atoms with Crippen LogP contribution in [0.15, 0.2) is 53.1 Å². The molecule has 170 valence electrons. The van der Waals surface area contributed by atoms with Gasteiger partial charge in [-0.05, 0) is 23.8 Å². The fourth-order valence-electron chi connectivity index (χ4n) is 3.65. The van der Waals surface area contributed by atoms with Gasteiger partial charge in [-0.3, -0.25) is 4.90 Å². The van der Waals surface area contributed by atoms with Crippen molar-refractivity contribution in [3.8, 4) is 22.7 Å². The van der Waals surface area contributed by atoms with Crippen molar-refractivity contribution < 1.29 is 22.0 Å². The molecule has 3 heterocycles. The normalized spacial score (nSPS) is 14.7. The molecule has 0 bridgehead atoms. The molecule has 0 radical (unpaired) electrons. The van der Waals surface area contributed by atoms with Crippen molar-refractivity contribution in [3.63, 3.8) is 0 Å². The minimum Gasteiger partial charge on any atom is -0.415 e. The van der Waals surface area contributed by atoms with Crippen molar-refractivity contribution in [2.45, 2.75) is 25.7 Å². The predicted octanol–water partition coefficient (Wildman–Crippen LogP) is 4.27. The summed E-state index contributed by atoms with van der Waals surface area (Å²) in [7, 11) is 0. The van der Waals surface area contributed by atoms with Gasteiger partial charge in [0.15, 0.2) is 0 Å². The van der Waals surface area contributed by atoms with Crippen LogP contribution in [0.1, 0.15) is 23.4 Å². The second-order valence-electron chi connectivity index (χ2n) is 7.85. The van der Waals surface area contributed by atoms with Crippen LogP contribution in [-0.2, 0) is 13.1 Å². The lowest BCUT2D eigenvalue weighted by Crippen LogP contribution is -2.47. The molecule has 0 spiro atoms. The minimum atomic E-state index is -2.89. The first-order valence-corrected chi connectivity index (χ1v) is 10.2. The Kier molecular flexibility index (Phi) is 5.63. The lowest BCUT2D eigenvalue weighted by Gasteiger charge is -2.34. The van der Waals surface area contributed by atoms with Crippen LogP contribution in [0.2, 0.25) is 0 Å². The van der Waals surface area contributed by atoms with Gasteiger partial charge in [-0.15, -0.1) is 15.3 Å². The average molecular weight is 458 g/mol. The Bertz CT molecular complexity index is 1270. The average Bonchev–Trinajstić information content (AvgIpc) is 3.45. The van der Waals surface area contributed by atoms with Crippen LogP contribution in [0.5, 0.6) is 0 Å². The van der Waals surface area contributed by atoms with E-state index >= 15 is 0 Å². The molecule has 7 nitrogen and oxygen atoms in total. The zero-order valence-corrected chi connectivity index (χ0v) is 17.2. The number of aromatic nitrogens is 5. The maximum Gasteiger partial charge on any atom is 0.314 e. The number of alkyl halides is 3. The number of nitrogens with zero attached hydrogens (tertiary/aromatic N) is 6. The van der Waals surface area contributed by atoms with Crippen LogP contribution in [0.4, 0.5) is 17.6 Å². The quantitative estimate of drug-likeness (QED) is 0.385. The van der Waals surface area contributed by atoms with Gasteiger partial charge in [0.2, 0.25) is 5.89 Å². The number of benzene rings is 2. The highest BCUT2D eigenvalue weighted by molar-refractivity contribution is 5.58.